The maximum atomic E-state index is 11.3. The second-order valence-electron chi connectivity index (χ2n) is 3.97. The molecule has 1 saturated heterocycles. The van der Waals surface area contributed by atoms with Crippen molar-refractivity contribution in [2.75, 3.05) is 18.8 Å². The van der Waals surface area contributed by atoms with Crippen LogP contribution in [-0.2, 0) is 4.79 Å². The highest BCUT2D eigenvalue weighted by atomic mass is 32.2. The number of nitrogens with one attached hydrogen (secondary N) is 3. The van der Waals surface area contributed by atoms with Gasteiger partial charge in [-0.25, -0.2) is 9.80 Å². The number of hydrazine groups is 1. The van der Waals surface area contributed by atoms with Gasteiger partial charge in [0.15, 0.2) is 5.11 Å². The summed E-state index contributed by atoms with van der Waals surface area (Å²) in [6.07, 6.45) is 0. The largest absolute Gasteiger partial charge is 0.361 e. The number of benzene rings is 1. The van der Waals surface area contributed by atoms with Gasteiger partial charge in [-0.2, -0.15) is 0 Å². The molecule has 1 aromatic rings. The molecule has 0 spiro atoms. The molecule has 0 aliphatic carbocycles. The van der Waals surface area contributed by atoms with Crippen LogP contribution in [0.4, 0.5) is 4.79 Å². The Kier molecular flexibility index (Phi) is 5.19. The Morgan fingerprint density at radius 2 is 2.10 bits per heavy atom. The van der Waals surface area contributed by atoms with E-state index in [2.05, 4.69) is 16.1 Å². The van der Waals surface area contributed by atoms with Crippen LogP contribution in [-0.4, -0.2) is 40.9 Å². The van der Waals surface area contributed by atoms with Gasteiger partial charge in [-0.15, -0.1) is 11.8 Å². The van der Waals surface area contributed by atoms with E-state index in [4.69, 9.17) is 12.2 Å². The van der Waals surface area contributed by atoms with E-state index in [0.29, 0.717) is 11.7 Å². The number of thioether (sulfide) groups is 1. The Morgan fingerprint density at radius 3 is 2.75 bits per heavy atom. The van der Waals surface area contributed by atoms with Crippen LogP contribution >= 0.6 is 24.0 Å². The molecule has 1 aliphatic rings. The van der Waals surface area contributed by atoms with Crippen molar-refractivity contribution < 1.29 is 9.59 Å². The minimum Gasteiger partial charge on any atom is -0.361 e. The predicted octanol–water partition coefficient (Wildman–Crippen LogP) is 0.710. The summed E-state index contributed by atoms with van der Waals surface area (Å²) in [5, 5.41) is 6.60. The molecule has 20 heavy (non-hydrogen) atoms. The van der Waals surface area contributed by atoms with Gasteiger partial charge in [0, 0.05) is 17.2 Å². The summed E-state index contributed by atoms with van der Waals surface area (Å²) in [6, 6.07) is 9.56. The molecule has 1 heterocycles. The monoisotopic (exact) mass is 310 g/mol. The number of rotatable bonds is 5. The third-order valence-electron chi connectivity index (χ3n) is 2.43. The third kappa shape index (κ3) is 4.39. The molecule has 106 valence electrons. The van der Waals surface area contributed by atoms with Gasteiger partial charge in [0.2, 0.25) is 5.91 Å². The fourth-order valence-electron chi connectivity index (χ4n) is 1.54. The van der Waals surface area contributed by atoms with E-state index < -0.39 is 6.03 Å². The summed E-state index contributed by atoms with van der Waals surface area (Å²) < 4.78 is 0. The smallest absolute Gasteiger partial charge is 0.343 e. The van der Waals surface area contributed by atoms with Crippen LogP contribution in [0, 0.1) is 0 Å². The second kappa shape index (κ2) is 7.11. The van der Waals surface area contributed by atoms with Crippen molar-refractivity contribution in [3.63, 3.8) is 0 Å². The first kappa shape index (κ1) is 14.6. The number of imide groups is 1. The van der Waals surface area contributed by atoms with E-state index in [0.717, 1.165) is 10.8 Å². The van der Waals surface area contributed by atoms with Crippen molar-refractivity contribution in [2.45, 2.75) is 4.90 Å². The molecule has 3 amide bonds. The Balaban J connectivity index is 1.63. The van der Waals surface area contributed by atoms with E-state index >= 15 is 0 Å². The fourth-order valence-corrected chi connectivity index (χ4v) is 2.55. The molecule has 8 heteroatoms. The third-order valence-corrected chi connectivity index (χ3v) is 3.68. The van der Waals surface area contributed by atoms with Crippen LogP contribution < -0.4 is 16.1 Å². The van der Waals surface area contributed by atoms with E-state index in [1.807, 2.05) is 30.3 Å². The molecule has 1 fully saturated rings. The van der Waals surface area contributed by atoms with Gasteiger partial charge >= 0.3 is 6.03 Å². The lowest BCUT2D eigenvalue weighted by molar-refractivity contribution is -0.118. The van der Waals surface area contributed by atoms with Crippen LogP contribution in [0.25, 0.3) is 0 Å². The van der Waals surface area contributed by atoms with Crippen molar-refractivity contribution >= 4 is 41.0 Å². The van der Waals surface area contributed by atoms with Gasteiger partial charge in [0.25, 0.3) is 0 Å². The van der Waals surface area contributed by atoms with Crippen molar-refractivity contribution in [1.82, 2.24) is 21.1 Å². The van der Waals surface area contributed by atoms with Gasteiger partial charge < -0.3 is 5.32 Å². The van der Waals surface area contributed by atoms with Crippen LogP contribution in [0.1, 0.15) is 0 Å². The van der Waals surface area contributed by atoms with Crippen LogP contribution in [0.5, 0.6) is 0 Å². The fraction of sp³-hybridized carbons (Fsp3) is 0.250. The maximum Gasteiger partial charge on any atom is 0.343 e. The van der Waals surface area contributed by atoms with E-state index in [9.17, 15) is 9.59 Å². The van der Waals surface area contributed by atoms with Gasteiger partial charge in [0.1, 0.15) is 6.54 Å². The maximum absolute atomic E-state index is 11.3. The first-order valence-electron chi connectivity index (χ1n) is 5.99. The number of hydrogen-bond acceptors (Lipinski definition) is 4. The first-order chi connectivity index (χ1) is 9.65. The summed E-state index contributed by atoms with van der Waals surface area (Å²) in [6.45, 7) is 0.633. The first-order valence-corrected chi connectivity index (χ1v) is 7.38. The average molecular weight is 310 g/mol. The highest BCUT2D eigenvalue weighted by molar-refractivity contribution is 7.99. The normalized spacial score (nSPS) is 14.1. The summed E-state index contributed by atoms with van der Waals surface area (Å²) >= 11 is 6.76. The predicted molar refractivity (Wildman–Crippen MR) is 81.1 cm³/mol. The zero-order valence-electron chi connectivity index (χ0n) is 10.6. The number of thiocarbonyl (C=S) groups is 1. The number of nitrogens with zero attached hydrogens (tertiary/aromatic N) is 1. The molecule has 1 aliphatic heterocycles. The molecule has 2 rings (SSSR count). The van der Waals surface area contributed by atoms with E-state index in [1.165, 1.54) is 4.90 Å². The number of urea groups is 1. The molecule has 0 radical (unpaired) electrons. The van der Waals surface area contributed by atoms with Gasteiger partial charge in [-0.05, 0) is 24.4 Å². The molecule has 3 N–H and O–H groups in total. The van der Waals surface area contributed by atoms with Gasteiger partial charge in [-0.1, -0.05) is 18.2 Å². The zero-order chi connectivity index (χ0) is 14.4. The molecule has 0 saturated carbocycles. The lowest BCUT2D eigenvalue weighted by Gasteiger charge is -2.17. The SMILES string of the molecule is O=C1CN(NC(=S)NCCSc2ccccc2)C(=O)N1. The van der Waals surface area contributed by atoms with Crippen LogP contribution in [0.3, 0.4) is 0 Å². The highest BCUT2D eigenvalue weighted by Crippen LogP contribution is 2.15. The second-order valence-corrected chi connectivity index (χ2v) is 5.55. The summed E-state index contributed by atoms with van der Waals surface area (Å²) in [4.78, 5) is 23.4. The molecule has 0 aromatic heterocycles. The Morgan fingerprint density at radius 1 is 1.35 bits per heavy atom. The average Bonchev–Trinajstić information content (AvgIpc) is 2.74. The number of amides is 3. The molecule has 6 nitrogen and oxygen atoms in total. The minimum absolute atomic E-state index is 0.0284. The molecule has 0 unspecified atom stereocenters. The highest BCUT2D eigenvalue weighted by Gasteiger charge is 2.27. The number of carbonyl (C=O) groups is 2. The molecular formula is C12H14N4O2S2. The summed E-state index contributed by atoms with van der Waals surface area (Å²) in [5.74, 6) is 0.502. The van der Waals surface area contributed by atoms with E-state index in [-0.39, 0.29) is 12.5 Å². The Bertz CT molecular complexity index is 509. The summed E-state index contributed by atoms with van der Waals surface area (Å²) in [7, 11) is 0. The summed E-state index contributed by atoms with van der Waals surface area (Å²) in [5.41, 5.74) is 2.67. The van der Waals surface area contributed by atoms with Crippen molar-refractivity contribution in [3.8, 4) is 0 Å². The number of hydrogen-bond donors (Lipinski definition) is 3. The lowest BCUT2D eigenvalue weighted by atomic mass is 10.4. The number of carbonyl (C=O) groups excluding carboxylic acids is 2. The Labute approximate surface area is 126 Å². The van der Waals surface area contributed by atoms with E-state index in [1.54, 1.807) is 11.8 Å². The van der Waals surface area contributed by atoms with Crippen molar-refractivity contribution in [2.24, 2.45) is 0 Å². The molecular weight excluding hydrogens is 296 g/mol. The van der Waals surface area contributed by atoms with Crippen LogP contribution in [0.15, 0.2) is 35.2 Å². The minimum atomic E-state index is -0.488. The quantitative estimate of drug-likeness (QED) is 0.322. The topological polar surface area (TPSA) is 73.5 Å². The van der Waals surface area contributed by atoms with Gasteiger partial charge in [-0.3, -0.25) is 15.5 Å². The van der Waals surface area contributed by atoms with Crippen molar-refractivity contribution in [3.05, 3.63) is 30.3 Å². The molecule has 0 atom stereocenters. The standard InChI is InChI=1S/C12H14N4O2S2/c17-10-8-16(12(18)14-10)15-11(19)13-6-7-20-9-4-2-1-3-5-9/h1-5H,6-8H2,(H2,13,15,19)(H,14,17,18). The lowest BCUT2D eigenvalue weighted by Crippen LogP contribution is -2.48. The Hall–Kier alpha value is -1.80. The molecule has 1 aromatic carbocycles. The van der Waals surface area contributed by atoms with Gasteiger partial charge in [0.05, 0.1) is 0 Å². The van der Waals surface area contributed by atoms with Crippen LogP contribution in [0.2, 0.25) is 0 Å². The zero-order valence-corrected chi connectivity index (χ0v) is 12.2. The van der Waals surface area contributed by atoms with Crippen molar-refractivity contribution in [1.29, 1.82) is 0 Å². The molecule has 0 bridgehead atoms.